The van der Waals surface area contributed by atoms with Gasteiger partial charge >= 0.3 is 0 Å². The number of allylic oxidation sites excluding steroid dienone is 1. The van der Waals surface area contributed by atoms with E-state index in [9.17, 15) is 5.11 Å². The smallest absolute Gasteiger partial charge is 0.136 e. The Balaban J connectivity index is 1.67. The van der Waals surface area contributed by atoms with Crippen molar-refractivity contribution in [1.82, 2.24) is 0 Å². The van der Waals surface area contributed by atoms with E-state index in [1.54, 1.807) is 0 Å². The van der Waals surface area contributed by atoms with Crippen molar-refractivity contribution in [2.24, 2.45) is 5.92 Å². The van der Waals surface area contributed by atoms with E-state index in [0.717, 1.165) is 36.3 Å². The van der Waals surface area contributed by atoms with Crippen LogP contribution in [0.4, 0.5) is 0 Å². The minimum atomic E-state index is 0.277. The Bertz CT molecular complexity index is 1440. The lowest BCUT2D eigenvalue weighted by molar-refractivity contribution is 0.403. The summed E-state index contributed by atoms with van der Waals surface area (Å²) in [5.41, 5.74) is 4.86. The SMILES string of the molecule is CC/C=C(\O)c1c2c(c(-c3ccc(CC(CC)CCCC)o3)c3cc(C(C)c4ccccc4)sc13)SC(C)C2. The van der Waals surface area contributed by atoms with Gasteiger partial charge in [0.1, 0.15) is 17.3 Å². The number of furan rings is 1. The van der Waals surface area contributed by atoms with Gasteiger partial charge in [-0.15, -0.1) is 23.1 Å². The first-order chi connectivity index (χ1) is 18.9. The summed E-state index contributed by atoms with van der Waals surface area (Å²) in [7, 11) is 0. The molecule has 2 nitrogen and oxygen atoms in total. The van der Waals surface area contributed by atoms with Gasteiger partial charge < -0.3 is 9.52 Å². The molecule has 3 heterocycles. The highest BCUT2D eigenvalue weighted by Crippen LogP contribution is 2.53. The molecule has 4 aromatic rings. The van der Waals surface area contributed by atoms with Gasteiger partial charge in [-0.25, -0.2) is 0 Å². The molecule has 3 atom stereocenters. The van der Waals surface area contributed by atoms with Crippen LogP contribution in [-0.4, -0.2) is 10.4 Å². The Hall–Kier alpha value is -2.43. The summed E-state index contributed by atoms with van der Waals surface area (Å²) in [6.45, 7) is 11.2. The van der Waals surface area contributed by atoms with Gasteiger partial charge in [-0.3, -0.25) is 0 Å². The molecule has 0 aliphatic carbocycles. The zero-order chi connectivity index (χ0) is 27.5. The molecule has 0 spiro atoms. The fraction of sp³-hybridized carbons (Fsp3) is 0.429. The van der Waals surface area contributed by atoms with Crippen LogP contribution < -0.4 is 0 Å². The average molecular weight is 559 g/mol. The lowest BCUT2D eigenvalue weighted by Gasteiger charge is -2.14. The van der Waals surface area contributed by atoms with Crippen LogP contribution in [0.2, 0.25) is 0 Å². The Morgan fingerprint density at radius 3 is 2.64 bits per heavy atom. The second kappa shape index (κ2) is 12.4. The van der Waals surface area contributed by atoms with E-state index in [4.69, 9.17) is 4.42 Å². The van der Waals surface area contributed by atoms with Crippen molar-refractivity contribution in [3.63, 3.8) is 0 Å². The largest absolute Gasteiger partial charge is 0.508 e. The van der Waals surface area contributed by atoms with Gasteiger partial charge in [-0.1, -0.05) is 90.6 Å². The number of hydrogen-bond acceptors (Lipinski definition) is 4. The fourth-order valence-electron chi connectivity index (χ4n) is 5.94. The van der Waals surface area contributed by atoms with E-state index >= 15 is 0 Å². The first-order valence-corrected chi connectivity index (χ1v) is 16.5. The summed E-state index contributed by atoms with van der Waals surface area (Å²) in [6.07, 6.45) is 9.71. The lowest BCUT2D eigenvalue weighted by Crippen LogP contribution is -2.02. The fourth-order valence-corrected chi connectivity index (χ4v) is 8.58. The number of benzene rings is 2. The standard InChI is InChI=1S/C35H42O2S2/c1-6-9-14-24(8-3)20-26-17-18-30(37-26)33-28-21-31(23(5)25-15-11-10-12-16-25)39-34(28)32(29(36)13-7-2)27-19-22(4)38-35(27)33/h10-13,15-18,21-24,36H,6-9,14,19-20H2,1-5H3/b29-13-. The maximum Gasteiger partial charge on any atom is 0.136 e. The molecule has 4 heteroatoms. The number of thioether (sulfide) groups is 1. The van der Waals surface area contributed by atoms with Gasteiger partial charge in [0.15, 0.2) is 0 Å². The average Bonchev–Trinajstić information content (AvgIpc) is 3.68. The third-order valence-corrected chi connectivity index (χ3v) is 10.8. The molecule has 1 aliphatic heterocycles. The Morgan fingerprint density at radius 1 is 1.13 bits per heavy atom. The molecule has 2 aromatic carbocycles. The van der Waals surface area contributed by atoms with Gasteiger partial charge in [0, 0.05) is 48.6 Å². The molecule has 0 radical (unpaired) electrons. The van der Waals surface area contributed by atoms with Crippen LogP contribution in [0.25, 0.3) is 27.2 Å². The molecule has 0 saturated heterocycles. The summed E-state index contributed by atoms with van der Waals surface area (Å²) >= 11 is 3.77. The number of rotatable bonds is 11. The monoisotopic (exact) mass is 558 g/mol. The zero-order valence-corrected chi connectivity index (χ0v) is 25.7. The van der Waals surface area contributed by atoms with E-state index in [0.29, 0.717) is 16.9 Å². The molecule has 5 rings (SSSR count). The van der Waals surface area contributed by atoms with Crippen molar-refractivity contribution in [2.45, 2.75) is 95.6 Å². The van der Waals surface area contributed by atoms with Gasteiger partial charge in [0.05, 0.1) is 0 Å². The van der Waals surface area contributed by atoms with Crippen molar-refractivity contribution < 1.29 is 9.52 Å². The van der Waals surface area contributed by atoms with E-state index in [-0.39, 0.29) is 5.92 Å². The van der Waals surface area contributed by atoms with Crippen molar-refractivity contribution >= 4 is 38.9 Å². The minimum absolute atomic E-state index is 0.277. The lowest BCUT2D eigenvalue weighted by atomic mass is 9.93. The molecule has 3 unspecified atom stereocenters. The molecular weight excluding hydrogens is 517 g/mol. The van der Waals surface area contributed by atoms with Crippen LogP contribution in [0.5, 0.6) is 0 Å². The van der Waals surface area contributed by atoms with Gasteiger partial charge in [0.25, 0.3) is 0 Å². The highest BCUT2D eigenvalue weighted by Gasteiger charge is 2.32. The van der Waals surface area contributed by atoms with Crippen LogP contribution in [0, 0.1) is 5.92 Å². The maximum atomic E-state index is 11.3. The molecule has 0 fully saturated rings. The van der Waals surface area contributed by atoms with Crippen molar-refractivity contribution in [1.29, 1.82) is 0 Å². The van der Waals surface area contributed by atoms with E-state index < -0.39 is 0 Å². The molecule has 1 aliphatic rings. The van der Waals surface area contributed by atoms with Gasteiger partial charge in [-0.05, 0) is 54.2 Å². The quantitative estimate of drug-likeness (QED) is 0.186. The van der Waals surface area contributed by atoms with Gasteiger partial charge in [0.2, 0.25) is 0 Å². The van der Waals surface area contributed by atoms with E-state index in [1.807, 2.05) is 29.2 Å². The summed E-state index contributed by atoms with van der Waals surface area (Å²) < 4.78 is 7.85. The molecule has 0 saturated carbocycles. The van der Waals surface area contributed by atoms with Crippen LogP contribution in [0.15, 0.2) is 63.9 Å². The third-order valence-electron chi connectivity index (χ3n) is 8.18. The summed E-state index contributed by atoms with van der Waals surface area (Å²) in [5.74, 6) is 3.43. The minimum Gasteiger partial charge on any atom is -0.508 e. The number of unbranched alkanes of at least 4 members (excludes halogenated alkanes) is 1. The van der Waals surface area contributed by atoms with Crippen LogP contribution >= 0.6 is 23.1 Å². The topological polar surface area (TPSA) is 33.4 Å². The summed E-state index contributed by atoms with van der Waals surface area (Å²) in [4.78, 5) is 2.61. The molecule has 39 heavy (non-hydrogen) atoms. The predicted molar refractivity (Wildman–Crippen MR) is 170 cm³/mol. The Morgan fingerprint density at radius 2 is 1.92 bits per heavy atom. The molecule has 2 aromatic heterocycles. The van der Waals surface area contributed by atoms with Crippen molar-refractivity contribution in [3.8, 4) is 11.3 Å². The van der Waals surface area contributed by atoms with Gasteiger partial charge in [-0.2, -0.15) is 0 Å². The Labute approximate surface area is 242 Å². The number of aliphatic hydroxyl groups is 1. The number of fused-ring (bicyclic) bond motifs is 2. The normalized spacial score (nSPS) is 17.1. The Kier molecular flexibility index (Phi) is 8.93. The predicted octanol–water partition coefficient (Wildman–Crippen LogP) is 11.4. The van der Waals surface area contributed by atoms with Crippen LogP contribution in [0.1, 0.15) is 100.0 Å². The van der Waals surface area contributed by atoms with Crippen molar-refractivity contribution in [3.05, 3.63) is 81.9 Å². The highest BCUT2D eigenvalue weighted by atomic mass is 32.2. The number of aliphatic hydroxyl groups excluding tert-OH is 1. The van der Waals surface area contributed by atoms with Crippen molar-refractivity contribution in [2.75, 3.05) is 0 Å². The van der Waals surface area contributed by atoms with Crippen LogP contribution in [-0.2, 0) is 12.8 Å². The third kappa shape index (κ3) is 5.74. The molecule has 206 valence electrons. The zero-order valence-electron chi connectivity index (χ0n) is 24.0. The highest BCUT2D eigenvalue weighted by molar-refractivity contribution is 8.00. The second-order valence-electron chi connectivity index (χ2n) is 11.1. The number of thiophene rings is 1. The molecule has 0 amide bonds. The number of hydrogen-bond donors (Lipinski definition) is 1. The van der Waals surface area contributed by atoms with Crippen LogP contribution in [0.3, 0.4) is 0 Å². The second-order valence-corrected chi connectivity index (χ2v) is 13.6. The van der Waals surface area contributed by atoms with E-state index in [2.05, 4.69) is 83.1 Å². The van der Waals surface area contributed by atoms with E-state index in [1.165, 1.54) is 62.2 Å². The summed E-state index contributed by atoms with van der Waals surface area (Å²) in [6, 6.07) is 17.5. The summed E-state index contributed by atoms with van der Waals surface area (Å²) in [5, 5.41) is 13.0. The maximum absolute atomic E-state index is 11.3. The first-order valence-electron chi connectivity index (χ1n) is 14.8. The molecule has 0 bridgehead atoms. The molecule has 1 N–H and O–H groups in total. The first kappa shape index (κ1) is 28.1. The molecular formula is C35H42O2S2.